The van der Waals surface area contributed by atoms with Crippen molar-refractivity contribution < 1.29 is 9.59 Å². The molecule has 0 aliphatic carbocycles. The minimum Gasteiger partial charge on any atom is -0.343 e. The van der Waals surface area contributed by atoms with E-state index < -0.39 is 0 Å². The second-order valence-electron chi connectivity index (χ2n) is 5.85. The Kier molecular flexibility index (Phi) is 5.76. The third-order valence-electron chi connectivity index (χ3n) is 3.79. The largest absolute Gasteiger partial charge is 0.343 e. The first-order chi connectivity index (χ1) is 12.6. The number of aryl methyl sites for hydroxylation is 1. The summed E-state index contributed by atoms with van der Waals surface area (Å²) in [5, 5.41) is 4.50. The van der Waals surface area contributed by atoms with Gasteiger partial charge in [-0.1, -0.05) is 48.0 Å². The molecule has 2 amide bonds. The van der Waals surface area contributed by atoms with Crippen LogP contribution in [0.25, 0.3) is 0 Å². The van der Waals surface area contributed by atoms with Crippen molar-refractivity contribution in [1.82, 2.24) is 9.88 Å². The Hall–Kier alpha value is -2.99. The van der Waals surface area contributed by atoms with Gasteiger partial charge >= 0.3 is 0 Å². The highest BCUT2D eigenvalue weighted by atomic mass is 32.1. The molecule has 0 saturated carbocycles. The normalized spacial score (nSPS) is 11.3. The molecular weight excluding hydrogens is 346 g/mol. The Morgan fingerprint density at radius 1 is 1.08 bits per heavy atom. The van der Waals surface area contributed by atoms with Gasteiger partial charge < -0.3 is 9.88 Å². The van der Waals surface area contributed by atoms with Crippen LogP contribution in [0, 0.1) is 6.92 Å². The van der Waals surface area contributed by atoms with Crippen molar-refractivity contribution in [1.29, 1.82) is 0 Å². The van der Waals surface area contributed by atoms with E-state index in [-0.39, 0.29) is 18.4 Å². The fraction of sp³-hybridized carbons (Fsp3) is 0.150. The Morgan fingerprint density at radius 3 is 2.54 bits per heavy atom. The van der Waals surface area contributed by atoms with Gasteiger partial charge in [0.2, 0.25) is 0 Å². The number of hydrogen-bond acceptors (Lipinski definition) is 3. The van der Waals surface area contributed by atoms with Crippen molar-refractivity contribution in [2.45, 2.75) is 13.5 Å². The highest BCUT2D eigenvalue weighted by Crippen LogP contribution is 2.03. The Balaban J connectivity index is 1.63. The highest BCUT2D eigenvalue weighted by Gasteiger charge is 2.08. The second kappa shape index (κ2) is 8.40. The lowest BCUT2D eigenvalue weighted by Gasteiger charge is -2.04. The van der Waals surface area contributed by atoms with E-state index >= 15 is 0 Å². The summed E-state index contributed by atoms with van der Waals surface area (Å²) in [7, 11) is 0. The molecule has 3 aromatic rings. The average molecular weight is 365 g/mol. The van der Waals surface area contributed by atoms with Crippen LogP contribution in [-0.2, 0) is 11.3 Å². The van der Waals surface area contributed by atoms with Gasteiger partial charge in [0.25, 0.3) is 11.8 Å². The molecule has 3 rings (SSSR count). The third kappa shape index (κ3) is 4.77. The summed E-state index contributed by atoms with van der Waals surface area (Å²) in [5.74, 6) is -0.661. The van der Waals surface area contributed by atoms with Gasteiger partial charge in [-0.2, -0.15) is 4.99 Å². The molecule has 5 nitrogen and oxygen atoms in total. The molecule has 2 aromatic carbocycles. The first kappa shape index (κ1) is 17.8. The lowest BCUT2D eigenvalue weighted by molar-refractivity contribution is -0.117. The monoisotopic (exact) mass is 365 g/mol. The summed E-state index contributed by atoms with van der Waals surface area (Å²) in [4.78, 5) is 28.9. The quantitative estimate of drug-likeness (QED) is 0.756. The standard InChI is InChI=1S/C20H19N3O2S/c1-15-7-9-17(10-8-15)19(25)21-13-18(24)22-20-23(11-12-26-20)14-16-5-3-2-4-6-16/h2-12H,13-14H2,1H3,(H,21,25). The van der Waals surface area contributed by atoms with Gasteiger partial charge in [0, 0.05) is 23.7 Å². The maximum Gasteiger partial charge on any atom is 0.267 e. The Bertz CT molecular complexity index is 956. The number of carbonyl (C=O) groups is 2. The number of hydrogen-bond donors (Lipinski definition) is 1. The molecule has 1 aromatic heterocycles. The van der Waals surface area contributed by atoms with Crippen LogP contribution in [0.4, 0.5) is 0 Å². The van der Waals surface area contributed by atoms with Gasteiger partial charge in [0.15, 0.2) is 4.80 Å². The predicted molar refractivity (Wildman–Crippen MR) is 102 cm³/mol. The molecule has 1 heterocycles. The van der Waals surface area contributed by atoms with Gasteiger partial charge in [-0.15, -0.1) is 11.3 Å². The molecule has 1 N–H and O–H groups in total. The first-order valence-corrected chi connectivity index (χ1v) is 9.10. The van der Waals surface area contributed by atoms with Crippen LogP contribution in [-0.4, -0.2) is 22.9 Å². The topological polar surface area (TPSA) is 63.5 Å². The molecule has 0 atom stereocenters. The van der Waals surface area contributed by atoms with Crippen molar-refractivity contribution >= 4 is 23.2 Å². The molecule has 26 heavy (non-hydrogen) atoms. The van der Waals surface area contributed by atoms with Crippen LogP contribution < -0.4 is 10.1 Å². The van der Waals surface area contributed by atoms with Gasteiger partial charge in [0.1, 0.15) is 0 Å². The number of nitrogens with one attached hydrogen (secondary N) is 1. The van der Waals surface area contributed by atoms with E-state index in [0.717, 1.165) is 11.1 Å². The highest BCUT2D eigenvalue weighted by molar-refractivity contribution is 7.07. The summed E-state index contributed by atoms with van der Waals surface area (Å²) in [6.07, 6.45) is 1.90. The number of amides is 2. The smallest absolute Gasteiger partial charge is 0.267 e. The molecule has 0 saturated heterocycles. The summed E-state index contributed by atoms with van der Waals surface area (Å²) in [6, 6.07) is 17.2. The summed E-state index contributed by atoms with van der Waals surface area (Å²) in [6.45, 7) is 2.47. The van der Waals surface area contributed by atoms with Crippen molar-refractivity contribution in [3.8, 4) is 0 Å². The van der Waals surface area contributed by atoms with Crippen molar-refractivity contribution in [3.05, 3.63) is 87.7 Å². The molecule has 0 aliphatic heterocycles. The van der Waals surface area contributed by atoms with Crippen LogP contribution in [0.15, 0.2) is 71.2 Å². The minimum atomic E-state index is -0.380. The Labute approximate surface area is 155 Å². The molecule has 0 spiro atoms. The molecule has 0 aliphatic rings. The number of thiazole rings is 1. The number of nitrogens with zero attached hydrogens (tertiary/aromatic N) is 2. The van der Waals surface area contributed by atoms with Crippen LogP contribution in [0.5, 0.6) is 0 Å². The summed E-state index contributed by atoms with van der Waals surface area (Å²) in [5.41, 5.74) is 2.74. The third-order valence-corrected chi connectivity index (χ3v) is 4.58. The summed E-state index contributed by atoms with van der Waals surface area (Å²) >= 11 is 1.39. The zero-order chi connectivity index (χ0) is 18.4. The second-order valence-corrected chi connectivity index (χ2v) is 6.73. The van der Waals surface area contributed by atoms with Gasteiger partial charge in [0.05, 0.1) is 6.54 Å². The maximum atomic E-state index is 12.1. The fourth-order valence-corrected chi connectivity index (χ4v) is 3.14. The lowest BCUT2D eigenvalue weighted by atomic mass is 10.1. The molecule has 0 radical (unpaired) electrons. The van der Waals surface area contributed by atoms with Gasteiger partial charge in [-0.3, -0.25) is 9.59 Å². The molecule has 6 heteroatoms. The van der Waals surface area contributed by atoms with E-state index in [1.54, 1.807) is 12.1 Å². The zero-order valence-electron chi connectivity index (χ0n) is 14.4. The number of rotatable bonds is 5. The van der Waals surface area contributed by atoms with Crippen molar-refractivity contribution in [2.24, 2.45) is 4.99 Å². The number of carbonyl (C=O) groups excluding carboxylic acids is 2. The zero-order valence-corrected chi connectivity index (χ0v) is 15.2. The van der Waals surface area contributed by atoms with Crippen LogP contribution in [0.3, 0.4) is 0 Å². The van der Waals surface area contributed by atoms with E-state index in [4.69, 9.17) is 0 Å². The predicted octanol–water partition coefficient (Wildman–Crippen LogP) is 2.76. The van der Waals surface area contributed by atoms with Crippen molar-refractivity contribution in [2.75, 3.05) is 6.54 Å². The van der Waals surface area contributed by atoms with Crippen LogP contribution >= 0.6 is 11.3 Å². The molecule has 0 bridgehead atoms. The average Bonchev–Trinajstić information content (AvgIpc) is 3.08. The molecular formula is C20H19N3O2S. The summed E-state index contributed by atoms with van der Waals surface area (Å²) < 4.78 is 1.92. The fourth-order valence-electron chi connectivity index (χ4n) is 2.40. The van der Waals surface area contributed by atoms with E-state index in [2.05, 4.69) is 10.3 Å². The van der Waals surface area contributed by atoms with Crippen molar-refractivity contribution in [3.63, 3.8) is 0 Å². The van der Waals surface area contributed by atoms with Crippen LogP contribution in [0.1, 0.15) is 21.5 Å². The number of aromatic nitrogens is 1. The van der Waals surface area contributed by atoms with E-state index in [9.17, 15) is 9.59 Å². The first-order valence-electron chi connectivity index (χ1n) is 8.22. The minimum absolute atomic E-state index is 0.129. The van der Waals surface area contributed by atoms with Gasteiger partial charge in [-0.05, 0) is 24.6 Å². The van der Waals surface area contributed by atoms with Crippen LogP contribution in [0.2, 0.25) is 0 Å². The van der Waals surface area contributed by atoms with E-state index in [1.807, 2.05) is 65.5 Å². The van der Waals surface area contributed by atoms with E-state index in [0.29, 0.717) is 16.9 Å². The molecule has 0 unspecified atom stereocenters. The maximum absolute atomic E-state index is 12.1. The molecule has 0 fully saturated rings. The number of benzene rings is 2. The lowest BCUT2D eigenvalue weighted by Crippen LogP contribution is -2.30. The van der Waals surface area contributed by atoms with E-state index in [1.165, 1.54) is 11.3 Å². The van der Waals surface area contributed by atoms with Gasteiger partial charge in [-0.25, -0.2) is 0 Å². The Morgan fingerprint density at radius 2 is 1.81 bits per heavy atom. The molecule has 132 valence electrons. The SMILES string of the molecule is Cc1ccc(C(=O)NCC(=O)N=c2sccn2Cc2ccccc2)cc1.